The molecule has 0 fully saturated rings. The van der Waals surface area contributed by atoms with Gasteiger partial charge < -0.3 is 18.9 Å². The van der Waals surface area contributed by atoms with Crippen molar-refractivity contribution in [1.29, 1.82) is 0 Å². The molecule has 1 aromatic heterocycles. The van der Waals surface area contributed by atoms with Crippen LogP contribution in [0.5, 0.6) is 23.0 Å². The maximum atomic E-state index is 13.1. The van der Waals surface area contributed by atoms with E-state index in [1.807, 2.05) is 37.3 Å². The van der Waals surface area contributed by atoms with Crippen molar-refractivity contribution in [2.24, 2.45) is 5.10 Å². The van der Waals surface area contributed by atoms with Crippen molar-refractivity contribution in [2.75, 3.05) is 13.4 Å². The average Bonchev–Trinajstić information content (AvgIpc) is 3.35. The molecule has 3 aromatic carbocycles. The quantitative estimate of drug-likeness (QED) is 0.204. The Morgan fingerprint density at radius 3 is 2.68 bits per heavy atom. The molecular weight excluding hydrogens is 674 g/mol. The summed E-state index contributed by atoms with van der Waals surface area (Å²) in [5, 5.41) is 4.92. The number of aryl methyl sites for hydroxylation is 1. The molecule has 0 atom stereocenters. The van der Waals surface area contributed by atoms with Gasteiger partial charge in [0.1, 0.15) is 12.4 Å². The number of fused-ring (bicyclic) bond motifs is 2. The summed E-state index contributed by atoms with van der Waals surface area (Å²) in [6, 6.07) is 12.9. The molecule has 0 bridgehead atoms. The van der Waals surface area contributed by atoms with Gasteiger partial charge in [-0.3, -0.25) is 4.79 Å². The van der Waals surface area contributed by atoms with Crippen LogP contribution >= 0.6 is 47.8 Å². The van der Waals surface area contributed by atoms with Crippen LogP contribution in [0.4, 0.5) is 0 Å². The van der Waals surface area contributed by atoms with Gasteiger partial charge in [-0.15, -0.1) is 0 Å². The summed E-state index contributed by atoms with van der Waals surface area (Å²) in [5.74, 6) is 2.95. The lowest BCUT2D eigenvalue weighted by Crippen LogP contribution is -2.20. The monoisotopic (exact) mass is 691 g/mol. The van der Waals surface area contributed by atoms with Gasteiger partial charge >= 0.3 is 0 Å². The molecule has 0 unspecified atom stereocenters. The van der Waals surface area contributed by atoms with E-state index < -0.39 is 0 Å². The first-order valence-electron chi connectivity index (χ1n) is 11.2. The fourth-order valence-corrected chi connectivity index (χ4v) is 5.09. The Morgan fingerprint density at radius 2 is 1.86 bits per heavy atom. The van der Waals surface area contributed by atoms with Crippen LogP contribution in [-0.2, 0) is 6.61 Å². The summed E-state index contributed by atoms with van der Waals surface area (Å²) in [6.45, 7) is 4.58. The predicted octanol–water partition coefficient (Wildman–Crippen LogP) is 6.58. The van der Waals surface area contributed by atoms with E-state index in [0.29, 0.717) is 61.7 Å². The fraction of sp³-hybridized carbons (Fsp3) is 0.192. The van der Waals surface area contributed by atoms with Gasteiger partial charge in [0.25, 0.3) is 5.56 Å². The van der Waals surface area contributed by atoms with E-state index >= 15 is 0 Å². The number of benzene rings is 3. The minimum atomic E-state index is -0.260. The second-order valence-corrected chi connectivity index (χ2v) is 10.5. The maximum absolute atomic E-state index is 13.1. The zero-order valence-corrected chi connectivity index (χ0v) is 24.5. The molecule has 0 saturated heterocycles. The van der Waals surface area contributed by atoms with Gasteiger partial charge in [-0.25, -0.2) is 4.98 Å². The largest absolute Gasteiger partial charge is 0.490 e. The standard InChI is InChI=1S/C26H20Br3N3O5/c1-3-34-22-9-16(11-30-32-14(2)31-19-6-5-17(27)10-18(19)26(32)33)23(28)24(29)25(22)35-12-15-4-7-20-21(8-15)37-13-36-20/h4-11H,3,12-13H2,1-2H3. The molecule has 0 N–H and O–H groups in total. The summed E-state index contributed by atoms with van der Waals surface area (Å²) < 4.78 is 26.3. The molecule has 2 heterocycles. The van der Waals surface area contributed by atoms with Crippen LogP contribution in [0.1, 0.15) is 23.9 Å². The molecule has 5 rings (SSSR count). The number of rotatable bonds is 7. The van der Waals surface area contributed by atoms with Crippen LogP contribution in [0.3, 0.4) is 0 Å². The fourth-order valence-electron chi connectivity index (χ4n) is 3.80. The van der Waals surface area contributed by atoms with E-state index in [0.717, 1.165) is 15.8 Å². The van der Waals surface area contributed by atoms with Crippen molar-refractivity contribution >= 4 is 64.9 Å². The molecule has 0 aliphatic carbocycles. The smallest absolute Gasteiger partial charge is 0.282 e. The predicted molar refractivity (Wildman–Crippen MR) is 151 cm³/mol. The minimum absolute atomic E-state index is 0.216. The summed E-state index contributed by atoms with van der Waals surface area (Å²) in [6.07, 6.45) is 1.58. The van der Waals surface area contributed by atoms with Gasteiger partial charge in [-0.1, -0.05) is 22.0 Å². The highest BCUT2D eigenvalue weighted by atomic mass is 79.9. The maximum Gasteiger partial charge on any atom is 0.282 e. The summed E-state index contributed by atoms with van der Waals surface area (Å²) in [5.41, 5.74) is 1.96. The van der Waals surface area contributed by atoms with E-state index in [1.165, 1.54) is 4.68 Å². The highest BCUT2D eigenvalue weighted by Crippen LogP contribution is 2.43. The topological polar surface area (TPSA) is 84.2 Å². The average molecular weight is 694 g/mol. The summed E-state index contributed by atoms with van der Waals surface area (Å²) in [4.78, 5) is 17.6. The van der Waals surface area contributed by atoms with Crippen LogP contribution < -0.4 is 24.5 Å². The van der Waals surface area contributed by atoms with Crippen molar-refractivity contribution in [1.82, 2.24) is 9.66 Å². The third-order valence-electron chi connectivity index (χ3n) is 5.56. The van der Waals surface area contributed by atoms with Crippen LogP contribution in [0, 0.1) is 6.92 Å². The Balaban J connectivity index is 1.47. The van der Waals surface area contributed by atoms with Gasteiger partial charge in [-0.2, -0.15) is 9.78 Å². The lowest BCUT2D eigenvalue weighted by atomic mass is 10.2. The number of aromatic nitrogens is 2. The highest BCUT2D eigenvalue weighted by molar-refractivity contribution is 9.13. The molecular formula is C26H20Br3N3O5. The Morgan fingerprint density at radius 1 is 1.05 bits per heavy atom. The van der Waals surface area contributed by atoms with Crippen molar-refractivity contribution in [2.45, 2.75) is 20.5 Å². The van der Waals surface area contributed by atoms with E-state index in [1.54, 1.807) is 25.3 Å². The first-order valence-corrected chi connectivity index (χ1v) is 13.6. The van der Waals surface area contributed by atoms with E-state index in [9.17, 15) is 4.79 Å². The van der Waals surface area contributed by atoms with Gasteiger partial charge in [0, 0.05) is 14.5 Å². The zero-order chi connectivity index (χ0) is 26.1. The molecule has 4 aromatic rings. The van der Waals surface area contributed by atoms with Crippen molar-refractivity contribution in [3.63, 3.8) is 0 Å². The number of nitrogens with zero attached hydrogens (tertiary/aromatic N) is 3. The molecule has 0 radical (unpaired) electrons. The van der Waals surface area contributed by atoms with Crippen LogP contribution in [0.25, 0.3) is 10.9 Å². The molecule has 11 heteroatoms. The van der Waals surface area contributed by atoms with Crippen molar-refractivity contribution in [3.8, 4) is 23.0 Å². The molecule has 0 saturated carbocycles. The van der Waals surface area contributed by atoms with E-state index in [2.05, 4.69) is 57.9 Å². The number of ether oxygens (including phenoxy) is 4. The normalized spacial score (nSPS) is 12.5. The SMILES string of the molecule is CCOc1cc(C=Nn2c(C)nc3ccc(Br)cc3c2=O)c(Br)c(Br)c1OCc1ccc2c(c1)OCO2. The lowest BCUT2D eigenvalue weighted by molar-refractivity contribution is 0.174. The highest BCUT2D eigenvalue weighted by Gasteiger charge is 2.19. The first-order chi connectivity index (χ1) is 17.9. The van der Waals surface area contributed by atoms with Crippen LogP contribution in [0.2, 0.25) is 0 Å². The Bertz CT molecular complexity index is 1600. The molecule has 0 spiro atoms. The zero-order valence-electron chi connectivity index (χ0n) is 19.8. The molecule has 1 aliphatic rings. The molecule has 8 nitrogen and oxygen atoms in total. The Kier molecular flexibility index (Phi) is 7.55. The van der Waals surface area contributed by atoms with E-state index in [-0.39, 0.29) is 12.4 Å². The molecule has 0 amide bonds. The van der Waals surface area contributed by atoms with Gasteiger partial charge in [0.15, 0.2) is 23.0 Å². The number of halogens is 3. The third kappa shape index (κ3) is 5.25. The second kappa shape index (κ2) is 10.8. The Labute approximate surface area is 237 Å². The first kappa shape index (κ1) is 25.7. The van der Waals surface area contributed by atoms with Gasteiger partial charge in [-0.05, 0) is 87.7 Å². The molecule has 37 heavy (non-hydrogen) atoms. The third-order valence-corrected chi connectivity index (χ3v) is 8.19. The molecule has 190 valence electrons. The van der Waals surface area contributed by atoms with Gasteiger partial charge in [0.2, 0.25) is 6.79 Å². The lowest BCUT2D eigenvalue weighted by Gasteiger charge is -2.16. The Hall–Kier alpha value is -2.89. The molecule has 1 aliphatic heterocycles. The number of hydrogen-bond acceptors (Lipinski definition) is 7. The summed E-state index contributed by atoms with van der Waals surface area (Å²) >= 11 is 10.7. The number of hydrogen-bond donors (Lipinski definition) is 0. The summed E-state index contributed by atoms with van der Waals surface area (Å²) in [7, 11) is 0. The van der Waals surface area contributed by atoms with Crippen molar-refractivity contribution < 1.29 is 18.9 Å². The van der Waals surface area contributed by atoms with Crippen LogP contribution in [0.15, 0.2) is 65.8 Å². The minimum Gasteiger partial charge on any atom is -0.490 e. The van der Waals surface area contributed by atoms with Gasteiger partial charge in [0.05, 0.1) is 28.2 Å². The van der Waals surface area contributed by atoms with Crippen LogP contribution in [-0.4, -0.2) is 29.3 Å². The van der Waals surface area contributed by atoms with Crippen molar-refractivity contribution in [3.05, 3.63) is 83.2 Å². The van der Waals surface area contributed by atoms with E-state index in [4.69, 9.17) is 18.9 Å². The second-order valence-electron chi connectivity index (χ2n) is 8.01.